The first-order valence-corrected chi connectivity index (χ1v) is 11.3. The molecule has 1 heterocycles. The van der Waals surface area contributed by atoms with Crippen LogP contribution in [-0.4, -0.2) is 32.5 Å². The first-order valence-electron chi connectivity index (χ1n) is 10.3. The Bertz CT molecular complexity index is 1010. The average Bonchev–Trinajstić information content (AvgIpc) is 3.18. The summed E-state index contributed by atoms with van der Waals surface area (Å²) in [5.41, 5.74) is 1.20. The highest BCUT2D eigenvalue weighted by Gasteiger charge is 2.24. The van der Waals surface area contributed by atoms with Crippen molar-refractivity contribution in [2.24, 2.45) is 5.92 Å². The Kier molecular flexibility index (Phi) is 6.47. The minimum absolute atomic E-state index is 0.00574. The molecule has 1 aliphatic rings. The van der Waals surface area contributed by atoms with Crippen LogP contribution >= 0.6 is 11.8 Å². The summed E-state index contributed by atoms with van der Waals surface area (Å²) in [4.78, 5) is 12.6. The molecule has 3 aromatic rings. The molecule has 1 saturated carbocycles. The lowest BCUT2D eigenvalue weighted by molar-refractivity contribution is -0.119. The molecule has 1 aromatic heterocycles. The number of hydrogen-bond donors (Lipinski definition) is 1. The van der Waals surface area contributed by atoms with Gasteiger partial charge < -0.3 is 5.32 Å². The molecule has 0 spiro atoms. The summed E-state index contributed by atoms with van der Waals surface area (Å²) in [5.74, 6) is 0.804. The minimum Gasteiger partial charge on any atom is -0.352 e. The van der Waals surface area contributed by atoms with Gasteiger partial charge in [-0.25, -0.2) is 4.39 Å². The van der Waals surface area contributed by atoms with Crippen molar-refractivity contribution in [3.63, 3.8) is 0 Å². The molecule has 7 heteroatoms. The number of amides is 1. The maximum atomic E-state index is 14.4. The summed E-state index contributed by atoms with van der Waals surface area (Å²) < 4.78 is 16.2. The van der Waals surface area contributed by atoms with Crippen LogP contribution in [0.5, 0.6) is 0 Å². The molecule has 4 rings (SSSR count). The Morgan fingerprint density at radius 3 is 2.60 bits per heavy atom. The van der Waals surface area contributed by atoms with E-state index in [2.05, 4.69) is 22.4 Å². The van der Waals surface area contributed by atoms with E-state index in [-0.39, 0.29) is 23.5 Å². The summed E-state index contributed by atoms with van der Waals surface area (Å²) in [6.45, 7) is 2.20. The summed E-state index contributed by atoms with van der Waals surface area (Å²) in [5, 5.41) is 12.3. The number of carbonyl (C=O) groups is 1. The van der Waals surface area contributed by atoms with Gasteiger partial charge in [-0.15, -0.1) is 10.2 Å². The zero-order valence-corrected chi connectivity index (χ0v) is 17.7. The highest BCUT2D eigenvalue weighted by Crippen LogP contribution is 2.29. The van der Waals surface area contributed by atoms with Crippen molar-refractivity contribution in [1.29, 1.82) is 0 Å². The third-order valence-electron chi connectivity index (χ3n) is 5.55. The molecule has 2 aromatic carbocycles. The first-order chi connectivity index (χ1) is 14.6. The molecule has 5 nitrogen and oxygen atoms in total. The average molecular weight is 425 g/mol. The zero-order valence-electron chi connectivity index (χ0n) is 16.9. The summed E-state index contributed by atoms with van der Waals surface area (Å²) >= 11 is 1.32. The van der Waals surface area contributed by atoms with Gasteiger partial charge >= 0.3 is 0 Å². The second-order valence-electron chi connectivity index (χ2n) is 7.68. The quantitative estimate of drug-likeness (QED) is 0.574. The van der Waals surface area contributed by atoms with E-state index in [9.17, 15) is 9.18 Å². The Hall–Kier alpha value is -2.67. The van der Waals surface area contributed by atoms with Gasteiger partial charge in [0.15, 0.2) is 11.0 Å². The molecule has 0 saturated heterocycles. The van der Waals surface area contributed by atoms with Gasteiger partial charge in [0, 0.05) is 11.7 Å². The second kappa shape index (κ2) is 9.43. The van der Waals surface area contributed by atoms with Crippen molar-refractivity contribution < 1.29 is 9.18 Å². The van der Waals surface area contributed by atoms with E-state index in [1.807, 2.05) is 30.3 Å². The standard InChI is InChI=1S/C23H25FN4OS/c1-16-9-5-8-14-20(16)25-21(29)15-30-23-27-26-22(18-12-6-7-13-19(18)24)28(23)17-10-3-2-4-11-17/h2-4,6-7,10-13,16,20H,5,8-9,14-15H2,1H3,(H,25,29). The van der Waals surface area contributed by atoms with Crippen LogP contribution in [0.1, 0.15) is 32.6 Å². The number of hydrogen-bond acceptors (Lipinski definition) is 4. The van der Waals surface area contributed by atoms with Crippen LogP contribution in [0.4, 0.5) is 4.39 Å². The van der Waals surface area contributed by atoms with E-state index in [0.29, 0.717) is 22.5 Å². The Labute approximate surface area is 180 Å². The fourth-order valence-electron chi connectivity index (χ4n) is 3.90. The van der Waals surface area contributed by atoms with Crippen molar-refractivity contribution in [3.05, 3.63) is 60.4 Å². The first kappa shape index (κ1) is 20.6. The number of aromatic nitrogens is 3. The SMILES string of the molecule is CC1CCCCC1NC(=O)CSc1nnc(-c2ccccc2F)n1-c1ccccc1. The lowest BCUT2D eigenvalue weighted by atomic mass is 9.86. The number of halogens is 1. The smallest absolute Gasteiger partial charge is 0.230 e. The van der Waals surface area contributed by atoms with Crippen LogP contribution < -0.4 is 5.32 Å². The molecule has 2 atom stereocenters. The molecule has 1 amide bonds. The molecule has 1 aliphatic carbocycles. The second-order valence-corrected chi connectivity index (χ2v) is 8.62. The van der Waals surface area contributed by atoms with Gasteiger partial charge in [-0.2, -0.15) is 0 Å². The van der Waals surface area contributed by atoms with E-state index >= 15 is 0 Å². The number of rotatable bonds is 6. The van der Waals surface area contributed by atoms with E-state index in [0.717, 1.165) is 24.9 Å². The van der Waals surface area contributed by atoms with Crippen LogP contribution in [-0.2, 0) is 4.79 Å². The Balaban J connectivity index is 1.56. The molecule has 1 fully saturated rings. The number of thioether (sulfide) groups is 1. The number of nitrogens with zero attached hydrogens (tertiary/aromatic N) is 3. The van der Waals surface area contributed by atoms with Gasteiger partial charge in [0.05, 0.1) is 11.3 Å². The minimum atomic E-state index is -0.359. The highest BCUT2D eigenvalue weighted by atomic mass is 32.2. The molecule has 2 unspecified atom stereocenters. The summed E-state index contributed by atoms with van der Waals surface area (Å²) in [7, 11) is 0. The maximum absolute atomic E-state index is 14.4. The van der Waals surface area contributed by atoms with Gasteiger partial charge in [0.1, 0.15) is 5.82 Å². The number of benzene rings is 2. The van der Waals surface area contributed by atoms with Crippen LogP contribution in [0.3, 0.4) is 0 Å². The van der Waals surface area contributed by atoms with Crippen molar-refractivity contribution in [3.8, 4) is 17.1 Å². The molecule has 1 N–H and O–H groups in total. The van der Waals surface area contributed by atoms with E-state index in [1.165, 1.54) is 24.2 Å². The van der Waals surface area contributed by atoms with Crippen LogP contribution in [0.25, 0.3) is 17.1 Å². The molecule has 156 valence electrons. The van der Waals surface area contributed by atoms with Crippen molar-refractivity contribution in [2.45, 2.75) is 43.8 Å². The monoisotopic (exact) mass is 424 g/mol. The Morgan fingerprint density at radius 1 is 1.10 bits per heavy atom. The highest BCUT2D eigenvalue weighted by molar-refractivity contribution is 7.99. The molecular weight excluding hydrogens is 399 g/mol. The molecular formula is C23H25FN4OS. The van der Waals surface area contributed by atoms with Gasteiger partial charge in [-0.1, -0.05) is 61.9 Å². The van der Waals surface area contributed by atoms with E-state index in [1.54, 1.807) is 22.8 Å². The molecule has 0 bridgehead atoms. The predicted octanol–water partition coefficient (Wildman–Crippen LogP) is 4.86. The number of nitrogens with one attached hydrogen (secondary N) is 1. The van der Waals surface area contributed by atoms with Crippen LogP contribution in [0.15, 0.2) is 59.8 Å². The van der Waals surface area contributed by atoms with Crippen molar-refractivity contribution in [2.75, 3.05) is 5.75 Å². The number of carbonyl (C=O) groups excluding carboxylic acids is 1. The zero-order chi connectivity index (χ0) is 20.9. The third-order valence-corrected chi connectivity index (χ3v) is 6.48. The number of para-hydroxylation sites is 1. The largest absolute Gasteiger partial charge is 0.352 e. The van der Waals surface area contributed by atoms with E-state index in [4.69, 9.17) is 0 Å². The van der Waals surface area contributed by atoms with E-state index < -0.39 is 0 Å². The van der Waals surface area contributed by atoms with Crippen LogP contribution in [0.2, 0.25) is 0 Å². The lowest BCUT2D eigenvalue weighted by Crippen LogP contribution is -2.41. The van der Waals surface area contributed by atoms with Gasteiger partial charge in [-0.05, 0) is 43.0 Å². The van der Waals surface area contributed by atoms with Crippen molar-refractivity contribution >= 4 is 17.7 Å². The normalized spacial score (nSPS) is 18.9. The van der Waals surface area contributed by atoms with Gasteiger partial charge in [-0.3, -0.25) is 9.36 Å². The molecule has 0 radical (unpaired) electrons. The fourth-order valence-corrected chi connectivity index (χ4v) is 4.66. The van der Waals surface area contributed by atoms with Crippen molar-refractivity contribution in [1.82, 2.24) is 20.1 Å². The maximum Gasteiger partial charge on any atom is 0.230 e. The third kappa shape index (κ3) is 4.56. The van der Waals surface area contributed by atoms with Gasteiger partial charge in [0.2, 0.25) is 5.91 Å². The molecule has 0 aliphatic heterocycles. The molecule has 30 heavy (non-hydrogen) atoms. The van der Waals surface area contributed by atoms with Crippen LogP contribution in [0, 0.1) is 11.7 Å². The lowest BCUT2D eigenvalue weighted by Gasteiger charge is -2.29. The van der Waals surface area contributed by atoms with Gasteiger partial charge in [0.25, 0.3) is 0 Å². The summed E-state index contributed by atoms with van der Waals surface area (Å²) in [6, 6.07) is 16.3. The fraction of sp³-hybridized carbons (Fsp3) is 0.348. The Morgan fingerprint density at radius 2 is 1.83 bits per heavy atom. The summed E-state index contributed by atoms with van der Waals surface area (Å²) in [6.07, 6.45) is 4.60. The predicted molar refractivity (Wildman–Crippen MR) is 117 cm³/mol. The topological polar surface area (TPSA) is 59.8 Å².